The second kappa shape index (κ2) is 8.14. The van der Waals surface area contributed by atoms with Crippen molar-refractivity contribution < 1.29 is 15.0 Å². The summed E-state index contributed by atoms with van der Waals surface area (Å²) in [7, 11) is 1.94. The maximum Gasteiger partial charge on any atom is 0.156 e. The molecule has 2 saturated carbocycles. The van der Waals surface area contributed by atoms with E-state index in [2.05, 4.69) is 36.5 Å². The van der Waals surface area contributed by atoms with Crippen LogP contribution in [0.1, 0.15) is 76.2 Å². The van der Waals surface area contributed by atoms with Gasteiger partial charge in [0.1, 0.15) is 0 Å². The summed E-state index contributed by atoms with van der Waals surface area (Å²) in [5, 5.41) is 24.6. The van der Waals surface area contributed by atoms with E-state index in [1.54, 1.807) is 5.57 Å². The molecule has 1 aromatic carbocycles. The molecule has 5 rings (SSSR count). The lowest BCUT2D eigenvalue weighted by atomic mass is 9.51. The Morgan fingerprint density at radius 2 is 1.91 bits per heavy atom. The molecule has 0 spiro atoms. The Kier molecular flexibility index (Phi) is 5.58. The van der Waals surface area contributed by atoms with Crippen molar-refractivity contribution in [1.82, 2.24) is 0 Å². The third kappa shape index (κ3) is 3.30. The number of carbonyl (C=O) groups excluding carboxylic acids is 1. The van der Waals surface area contributed by atoms with Crippen molar-refractivity contribution in [3.8, 4) is 0 Å². The first kappa shape index (κ1) is 21.9. The number of hydrogen-bond acceptors (Lipinski definition) is 4. The summed E-state index contributed by atoms with van der Waals surface area (Å²) in [6.45, 7) is 2.47. The molecule has 4 heteroatoms. The quantitative estimate of drug-likeness (QED) is 0.600. The highest BCUT2D eigenvalue weighted by Crippen LogP contribution is 2.67. The summed E-state index contributed by atoms with van der Waals surface area (Å²) >= 11 is 0. The lowest BCUT2D eigenvalue weighted by Gasteiger charge is -2.55. The lowest BCUT2D eigenvalue weighted by molar-refractivity contribution is -0.114. The van der Waals surface area contributed by atoms with Gasteiger partial charge in [-0.25, -0.2) is 0 Å². The van der Waals surface area contributed by atoms with Crippen molar-refractivity contribution in [2.24, 2.45) is 17.3 Å². The van der Waals surface area contributed by atoms with Gasteiger partial charge in [-0.3, -0.25) is 4.79 Å². The highest BCUT2D eigenvalue weighted by Gasteiger charge is 2.62. The van der Waals surface area contributed by atoms with Crippen LogP contribution in [0.3, 0.4) is 0 Å². The first-order chi connectivity index (χ1) is 15.4. The summed E-state index contributed by atoms with van der Waals surface area (Å²) in [4.78, 5) is 12.2. The molecule has 172 valence electrons. The number of aliphatic hydroxyl groups is 2. The number of rotatable bonds is 5. The topological polar surface area (TPSA) is 69.6 Å². The maximum atomic E-state index is 12.2. The molecule has 5 atom stereocenters. The van der Waals surface area contributed by atoms with Gasteiger partial charge in [0.05, 0.1) is 5.60 Å². The Bertz CT molecular complexity index is 961. The van der Waals surface area contributed by atoms with Crippen molar-refractivity contribution in [3.05, 3.63) is 52.6 Å². The van der Waals surface area contributed by atoms with Crippen molar-refractivity contribution in [2.75, 3.05) is 19.0 Å². The SMILES string of the molecule is CNc1ccc(C2C[C@@]3(C)C(CCC3(O)CCCO)C3CCC4=CC(=O)CCC4=C23)cc1. The van der Waals surface area contributed by atoms with Crippen LogP contribution in [0, 0.1) is 17.3 Å². The molecule has 0 aromatic heterocycles. The van der Waals surface area contributed by atoms with Gasteiger partial charge in [-0.1, -0.05) is 24.6 Å². The van der Waals surface area contributed by atoms with Crippen LogP contribution < -0.4 is 5.32 Å². The van der Waals surface area contributed by atoms with Gasteiger partial charge in [-0.2, -0.15) is 0 Å². The Morgan fingerprint density at radius 3 is 2.62 bits per heavy atom. The molecule has 0 radical (unpaired) electrons. The third-order valence-electron chi connectivity index (χ3n) is 9.41. The van der Waals surface area contributed by atoms with Crippen LogP contribution in [0.4, 0.5) is 5.69 Å². The van der Waals surface area contributed by atoms with Crippen LogP contribution in [0.2, 0.25) is 0 Å². The van der Waals surface area contributed by atoms with Gasteiger partial charge in [0.2, 0.25) is 0 Å². The molecule has 1 aromatic rings. The molecule has 0 aliphatic heterocycles. The van der Waals surface area contributed by atoms with Crippen molar-refractivity contribution in [3.63, 3.8) is 0 Å². The van der Waals surface area contributed by atoms with E-state index < -0.39 is 5.60 Å². The molecule has 4 unspecified atom stereocenters. The van der Waals surface area contributed by atoms with Crippen LogP contribution in [0.5, 0.6) is 0 Å². The average Bonchev–Trinajstić information content (AvgIpc) is 3.07. The molecule has 0 saturated heterocycles. The van der Waals surface area contributed by atoms with E-state index in [0.717, 1.165) is 44.2 Å². The van der Waals surface area contributed by atoms with E-state index in [4.69, 9.17) is 0 Å². The maximum absolute atomic E-state index is 12.2. The molecule has 0 bridgehead atoms. The summed E-state index contributed by atoms with van der Waals surface area (Å²) in [6, 6.07) is 8.80. The van der Waals surface area contributed by atoms with E-state index >= 15 is 0 Å². The second-order valence-corrected chi connectivity index (χ2v) is 10.8. The van der Waals surface area contributed by atoms with Crippen molar-refractivity contribution >= 4 is 11.5 Å². The minimum atomic E-state index is -0.710. The number of fused-ring (bicyclic) bond motifs is 4. The van der Waals surface area contributed by atoms with E-state index in [-0.39, 0.29) is 23.7 Å². The zero-order valence-electron chi connectivity index (χ0n) is 19.5. The summed E-state index contributed by atoms with van der Waals surface area (Å²) in [6.07, 6.45) is 9.67. The summed E-state index contributed by atoms with van der Waals surface area (Å²) in [5.74, 6) is 1.50. The zero-order chi connectivity index (χ0) is 22.5. The fraction of sp³-hybridized carbons (Fsp3) is 0.607. The number of nitrogens with one attached hydrogen (secondary N) is 1. The number of anilines is 1. The van der Waals surface area contributed by atoms with E-state index in [0.29, 0.717) is 31.1 Å². The van der Waals surface area contributed by atoms with Gasteiger partial charge in [-0.05, 0) is 98.1 Å². The monoisotopic (exact) mass is 435 g/mol. The Morgan fingerprint density at radius 1 is 1.12 bits per heavy atom. The largest absolute Gasteiger partial charge is 0.396 e. The fourth-order valence-corrected chi connectivity index (χ4v) is 7.72. The standard InChI is InChI=1S/C28H37NO3/c1-27-17-24(18-4-7-20(29-2)8-5-18)26-22-11-9-21(31)16-19(22)6-10-23(26)25(27)12-14-28(27,32)13-3-15-30/h4-5,7-8,16,23-25,29-30,32H,3,6,9-15,17H2,1-2H3/t23?,24?,25?,27-,28?/m0/s1. The highest BCUT2D eigenvalue weighted by molar-refractivity contribution is 5.93. The van der Waals surface area contributed by atoms with Crippen LogP contribution in [0.15, 0.2) is 47.1 Å². The van der Waals surface area contributed by atoms with Gasteiger partial charge >= 0.3 is 0 Å². The molecule has 0 amide bonds. The van der Waals surface area contributed by atoms with Gasteiger partial charge in [0.15, 0.2) is 5.78 Å². The number of allylic oxidation sites excluding steroid dienone is 4. The Balaban J connectivity index is 1.63. The van der Waals surface area contributed by atoms with Crippen molar-refractivity contribution in [1.29, 1.82) is 0 Å². The highest BCUT2D eigenvalue weighted by atomic mass is 16.3. The summed E-state index contributed by atoms with van der Waals surface area (Å²) < 4.78 is 0. The Labute approximate surface area is 191 Å². The molecule has 2 fully saturated rings. The first-order valence-corrected chi connectivity index (χ1v) is 12.5. The smallest absolute Gasteiger partial charge is 0.156 e. The minimum Gasteiger partial charge on any atom is -0.396 e. The van der Waals surface area contributed by atoms with Crippen LogP contribution in [-0.4, -0.2) is 35.3 Å². The normalized spacial score (nSPS) is 36.3. The van der Waals surface area contributed by atoms with E-state index in [1.165, 1.54) is 16.7 Å². The average molecular weight is 436 g/mol. The summed E-state index contributed by atoms with van der Waals surface area (Å²) in [5.41, 5.74) is 5.87. The van der Waals surface area contributed by atoms with Gasteiger partial charge < -0.3 is 15.5 Å². The minimum absolute atomic E-state index is 0.138. The predicted octanol–water partition coefficient (Wildman–Crippen LogP) is 5.13. The first-order valence-electron chi connectivity index (χ1n) is 12.5. The van der Waals surface area contributed by atoms with Gasteiger partial charge in [0.25, 0.3) is 0 Å². The molecular formula is C28H37NO3. The van der Waals surface area contributed by atoms with E-state index in [1.807, 2.05) is 13.1 Å². The molecule has 4 nitrogen and oxygen atoms in total. The lowest BCUT2D eigenvalue weighted by Crippen LogP contribution is -2.51. The number of benzene rings is 1. The molecular weight excluding hydrogens is 398 g/mol. The third-order valence-corrected chi connectivity index (χ3v) is 9.41. The molecule has 3 N–H and O–H groups in total. The molecule has 4 aliphatic rings. The number of aliphatic hydroxyl groups excluding tert-OH is 1. The fourth-order valence-electron chi connectivity index (χ4n) is 7.72. The second-order valence-electron chi connectivity index (χ2n) is 10.8. The zero-order valence-corrected chi connectivity index (χ0v) is 19.5. The van der Waals surface area contributed by atoms with Crippen LogP contribution in [0.25, 0.3) is 0 Å². The molecule has 32 heavy (non-hydrogen) atoms. The number of hydrogen-bond donors (Lipinski definition) is 3. The number of carbonyl (C=O) groups is 1. The van der Waals surface area contributed by atoms with Crippen LogP contribution >= 0.6 is 0 Å². The van der Waals surface area contributed by atoms with Crippen LogP contribution in [-0.2, 0) is 4.79 Å². The van der Waals surface area contributed by atoms with Crippen molar-refractivity contribution in [2.45, 2.75) is 76.2 Å². The molecule has 0 heterocycles. The number of ketones is 1. The van der Waals surface area contributed by atoms with Gasteiger partial charge in [0, 0.05) is 37.1 Å². The van der Waals surface area contributed by atoms with E-state index in [9.17, 15) is 15.0 Å². The molecule has 4 aliphatic carbocycles. The Hall–Kier alpha value is -1.91. The predicted molar refractivity (Wildman–Crippen MR) is 128 cm³/mol. The van der Waals surface area contributed by atoms with Gasteiger partial charge in [-0.15, -0.1) is 0 Å².